The lowest BCUT2D eigenvalue weighted by atomic mass is 9.93. The highest BCUT2D eigenvalue weighted by Gasteiger charge is 2.28. The van der Waals surface area contributed by atoms with E-state index in [1.807, 2.05) is 0 Å². The lowest BCUT2D eigenvalue weighted by Crippen LogP contribution is -2.34. The number of rotatable bonds is 5. The van der Waals surface area contributed by atoms with Gasteiger partial charge in [0, 0.05) is 12.5 Å². The molecule has 0 aromatic heterocycles. The second kappa shape index (κ2) is 5.67. The number of carbonyl (C=O) groups excluding carboxylic acids is 1. The Morgan fingerprint density at radius 3 is 2.62 bits per heavy atom. The second-order valence-corrected chi connectivity index (χ2v) is 5.43. The Morgan fingerprint density at radius 1 is 1.31 bits per heavy atom. The van der Waals surface area contributed by atoms with Crippen LogP contribution < -0.4 is 10.6 Å². The van der Waals surface area contributed by atoms with Crippen LogP contribution in [0.3, 0.4) is 0 Å². The van der Waals surface area contributed by atoms with E-state index in [0.717, 1.165) is 37.8 Å². The largest absolute Gasteiger partial charge is 0.353 e. The first-order valence-electron chi connectivity index (χ1n) is 6.76. The molecule has 16 heavy (non-hydrogen) atoms. The molecule has 1 aliphatic carbocycles. The standard InChI is InChI=1S/C13H24N2O/c1-10(12-3-4-12)15-13(16)5-2-11-6-8-14-9-7-11/h10-12,14H,2-9H2,1H3,(H,15,16). The first-order valence-corrected chi connectivity index (χ1v) is 6.76. The van der Waals surface area contributed by atoms with Gasteiger partial charge >= 0.3 is 0 Å². The van der Waals surface area contributed by atoms with Gasteiger partial charge in [-0.15, -0.1) is 0 Å². The van der Waals surface area contributed by atoms with Crippen LogP contribution >= 0.6 is 0 Å². The molecule has 2 aliphatic rings. The van der Waals surface area contributed by atoms with E-state index in [4.69, 9.17) is 0 Å². The van der Waals surface area contributed by atoms with E-state index in [1.54, 1.807) is 0 Å². The average molecular weight is 224 g/mol. The Labute approximate surface area is 98.4 Å². The third-order valence-electron chi connectivity index (χ3n) is 3.96. The van der Waals surface area contributed by atoms with Crippen molar-refractivity contribution in [3.8, 4) is 0 Å². The predicted octanol–water partition coefficient (Wildman–Crippen LogP) is 1.68. The molecule has 0 radical (unpaired) electrons. The molecular weight excluding hydrogens is 200 g/mol. The Balaban J connectivity index is 1.58. The minimum atomic E-state index is 0.262. The summed E-state index contributed by atoms with van der Waals surface area (Å²) in [6.45, 7) is 4.40. The fraction of sp³-hybridized carbons (Fsp3) is 0.923. The van der Waals surface area contributed by atoms with Gasteiger partial charge in [0.15, 0.2) is 0 Å². The summed E-state index contributed by atoms with van der Waals surface area (Å²) in [5.74, 6) is 1.80. The van der Waals surface area contributed by atoms with Crippen LogP contribution in [0, 0.1) is 11.8 Å². The van der Waals surface area contributed by atoms with E-state index >= 15 is 0 Å². The van der Waals surface area contributed by atoms with E-state index in [1.165, 1.54) is 25.7 Å². The molecule has 0 bridgehead atoms. The molecule has 1 unspecified atom stereocenters. The lowest BCUT2D eigenvalue weighted by molar-refractivity contribution is -0.122. The van der Waals surface area contributed by atoms with Gasteiger partial charge < -0.3 is 10.6 Å². The van der Waals surface area contributed by atoms with E-state index in [2.05, 4.69) is 17.6 Å². The molecule has 1 atom stereocenters. The molecule has 1 heterocycles. The molecule has 1 saturated carbocycles. The van der Waals surface area contributed by atoms with Gasteiger partial charge in [0.1, 0.15) is 0 Å². The van der Waals surface area contributed by atoms with Gasteiger partial charge in [-0.2, -0.15) is 0 Å². The summed E-state index contributed by atoms with van der Waals surface area (Å²) in [5.41, 5.74) is 0. The smallest absolute Gasteiger partial charge is 0.220 e. The zero-order valence-corrected chi connectivity index (χ0v) is 10.3. The van der Waals surface area contributed by atoms with Gasteiger partial charge in [-0.3, -0.25) is 4.79 Å². The molecule has 1 saturated heterocycles. The summed E-state index contributed by atoms with van der Waals surface area (Å²) in [6.07, 6.45) is 6.88. The van der Waals surface area contributed by atoms with Gasteiger partial charge in [0.25, 0.3) is 0 Å². The summed E-state index contributed by atoms with van der Waals surface area (Å²) in [7, 11) is 0. The second-order valence-electron chi connectivity index (χ2n) is 5.43. The molecule has 1 aliphatic heterocycles. The number of amides is 1. The van der Waals surface area contributed by atoms with E-state index in [-0.39, 0.29) is 5.91 Å². The van der Waals surface area contributed by atoms with Gasteiger partial charge in [0.2, 0.25) is 5.91 Å². The van der Waals surface area contributed by atoms with E-state index < -0.39 is 0 Å². The molecule has 3 nitrogen and oxygen atoms in total. The molecule has 2 N–H and O–H groups in total. The fourth-order valence-corrected chi connectivity index (χ4v) is 2.55. The van der Waals surface area contributed by atoms with Crippen LogP contribution in [0.1, 0.15) is 45.4 Å². The van der Waals surface area contributed by atoms with Crippen molar-refractivity contribution in [3.05, 3.63) is 0 Å². The van der Waals surface area contributed by atoms with Gasteiger partial charge in [-0.1, -0.05) is 0 Å². The van der Waals surface area contributed by atoms with E-state index in [0.29, 0.717) is 6.04 Å². The van der Waals surface area contributed by atoms with Crippen molar-refractivity contribution in [2.24, 2.45) is 11.8 Å². The molecule has 0 aromatic carbocycles. The number of nitrogens with one attached hydrogen (secondary N) is 2. The predicted molar refractivity (Wildman–Crippen MR) is 65.2 cm³/mol. The van der Waals surface area contributed by atoms with Crippen molar-refractivity contribution in [1.82, 2.24) is 10.6 Å². The maximum atomic E-state index is 11.7. The zero-order valence-electron chi connectivity index (χ0n) is 10.3. The third kappa shape index (κ3) is 3.78. The number of carbonyl (C=O) groups is 1. The van der Waals surface area contributed by atoms with Crippen molar-refractivity contribution in [2.75, 3.05) is 13.1 Å². The van der Waals surface area contributed by atoms with Crippen LogP contribution in [0.25, 0.3) is 0 Å². The summed E-state index contributed by atoms with van der Waals surface area (Å²) < 4.78 is 0. The molecule has 3 heteroatoms. The molecule has 92 valence electrons. The van der Waals surface area contributed by atoms with Crippen LogP contribution in [0.4, 0.5) is 0 Å². The third-order valence-corrected chi connectivity index (χ3v) is 3.96. The van der Waals surface area contributed by atoms with Crippen molar-refractivity contribution in [2.45, 2.75) is 51.5 Å². The molecule has 0 spiro atoms. The van der Waals surface area contributed by atoms with Crippen LogP contribution in [-0.4, -0.2) is 25.0 Å². The SMILES string of the molecule is CC(NC(=O)CCC1CCNCC1)C1CC1. The first kappa shape index (κ1) is 11.9. The Hall–Kier alpha value is -0.570. The minimum Gasteiger partial charge on any atom is -0.353 e. The highest BCUT2D eigenvalue weighted by atomic mass is 16.1. The van der Waals surface area contributed by atoms with E-state index in [9.17, 15) is 4.79 Å². The zero-order chi connectivity index (χ0) is 11.4. The summed E-state index contributed by atoms with van der Waals surface area (Å²) >= 11 is 0. The van der Waals surface area contributed by atoms with Crippen molar-refractivity contribution < 1.29 is 4.79 Å². The van der Waals surface area contributed by atoms with Crippen LogP contribution in [0.15, 0.2) is 0 Å². The quantitative estimate of drug-likeness (QED) is 0.746. The van der Waals surface area contributed by atoms with Crippen LogP contribution in [0.5, 0.6) is 0 Å². The normalized spacial score (nSPS) is 24.1. The lowest BCUT2D eigenvalue weighted by Gasteiger charge is -2.22. The van der Waals surface area contributed by atoms with Crippen LogP contribution in [0.2, 0.25) is 0 Å². The monoisotopic (exact) mass is 224 g/mol. The van der Waals surface area contributed by atoms with Crippen molar-refractivity contribution >= 4 is 5.91 Å². The maximum absolute atomic E-state index is 11.7. The summed E-state index contributed by atoms with van der Waals surface area (Å²) in [4.78, 5) is 11.7. The van der Waals surface area contributed by atoms with Crippen LogP contribution in [-0.2, 0) is 4.79 Å². The first-order chi connectivity index (χ1) is 7.75. The van der Waals surface area contributed by atoms with Gasteiger partial charge in [0.05, 0.1) is 0 Å². The Kier molecular flexibility index (Phi) is 4.22. The molecule has 2 rings (SSSR count). The Bertz CT molecular complexity index is 232. The summed E-state index contributed by atoms with van der Waals surface area (Å²) in [6, 6.07) is 0.403. The topological polar surface area (TPSA) is 41.1 Å². The minimum absolute atomic E-state index is 0.262. The number of piperidine rings is 1. The number of hydrogen-bond donors (Lipinski definition) is 2. The fourth-order valence-electron chi connectivity index (χ4n) is 2.55. The van der Waals surface area contributed by atoms with Gasteiger partial charge in [-0.05, 0) is 64.0 Å². The van der Waals surface area contributed by atoms with Crippen molar-refractivity contribution in [1.29, 1.82) is 0 Å². The summed E-state index contributed by atoms with van der Waals surface area (Å²) in [5, 5.41) is 6.48. The number of hydrogen-bond acceptors (Lipinski definition) is 2. The van der Waals surface area contributed by atoms with Crippen molar-refractivity contribution in [3.63, 3.8) is 0 Å². The highest BCUT2D eigenvalue weighted by molar-refractivity contribution is 5.76. The molecule has 1 amide bonds. The molecule has 0 aromatic rings. The highest BCUT2D eigenvalue weighted by Crippen LogP contribution is 2.32. The maximum Gasteiger partial charge on any atom is 0.220 e. The average Bonchev–Trinajstić information content (AvgIpc) is 3.11. The molecular formula is C13H24N2O. The molecule has 2 fully saturated rings. The van der Waals surface area contributed by atoms with Gasteiger partial charge in [-0.25, -0.2) is 0 Å². The Morgan fingerprint density at radius 2 is 2.00 bits per heavy atom.